The molecule has 2 aromatic heterocycles. The molecule has 0 bridgehead atoms. The second-order valence-electron chi connectivity index (χ2n) is 5.75. The molecule has 0 aliphatic heterocycles. The van der Waals surface area contributed by atoms with Crippen LogP contribution in [0.2, 0.25) is 0 Å². The summed E-state index contributed by atoms with van der Waals surface area (Å²) in [5, 5.41) is 2.84. The molecule has 7 heteroatoms. The average molecular weight is 424 g/mol. The van der Waals surface area contributed by atoms with E-state index in [9.17, 15) is 4.79 Å². The SMILES string of the molecule is COc1ccc(-c2nc3cc(NC(=O)c4cccnc4)ccc3o2)cc1Br. The summed E-state index contributed by atoms with van der Waals surface area (Å²) in [5.74, 6) is 0.990. The highest BCUT2D eigenvalue weighted by Crippen LogP contribution is 2.32. The van der Waals surface area contributed by atoms with Gasteiger partial charge in [-0.1, -0.05) is 0 Å². The van der Waals surface area contributed by atoms with Gasteiger partial charge in [-0.25, -0.2) is 4.98 Å². The monoisotopic (exact) mass is 423 g/mol. The van der Waals surface area contributed by atoms with Gasteiger partial charge in [0.1, 0.15) is 11.3 Å². The van der Waals surface area contributed by atoms with Crippen LogP contribution in [0, 0.1) is 0 Å². The maximum atomic E-state index is 12.3. The highest BCUT2D eigenvalue weighted by molar-refractivity contribution is 9.10. The Hall–Kier alpha value is -3.19. The molecule has 4 aromatic rings. The molecule has 2 aromatic carbocycles. The lowest BCUT2D eigenvalue weighted by molar-refractivity contribution is 0.102. The first-order valence-electron chi connectivity index (χ1n) is 8.10. The second kappa shape index (κ2) is 7.20. The van der Waals surface area contributed by atoms with Crippen molar-refractivity contribution in [2.75, 3.05) is 12.4 Å². The van der Waals surface area contributed by atoms with Crippen molar-refractivity contribution in [3.8, 4) is 17.2 Å². The summed E-state index contributed by atoms with van der Waals surface area (Å²) >= 11 is 3.46. The van der Waals surface area contributed by atoms with E-state index in [4.69, 9.17) is 9.15 Å². The van der Waals surface area contributed by atoms with Crippen LogP contribution >= 0.6 is 15.9 Å². The zero-order chi connectivity index (χ0) is 18.8. The molecule has 2 heterocycles. The van der Waals surface area contributed by atoms with Gasteiger partial charge in [0.25, 0.3) is 5.91 Å². The van der Waals surface area contributed by atoms with Gasteiger partial charge in [-0.3, -0.25) is 9.78 Å². The van der Waals surface area contributed by atoms with Crippen LogP contribution < -0.4 is 10.1 Å². The number of carbonyl (C=O) groups is 1. The Bertz CT molecular complexity index is 1130. The molecule has 0 aliphatic rings. The zero-order valence-corrected chi connectivity index (χ0v) is 15.9. The number of amides is 1. The van der Waals surface area contributed by atoms with Crippen LogP contribution in [-0.4, -0.2) is 23.0 Å². The summed E-state index contributed by atoms with van der Waals surface area (Å²) in [6.07, 6.45) is 3.14. The minimum absolute atomic E-state index is 0.231. The lowest BCUT2D eigenvalue weighted by Gasteiger charge is -2.04. The van der Waals surface area contributed by atoms with Crippen LogP contribution in [0.3, 0.4) is 0 Å². The number of anilines is 1. The maximum Gasteiger partial charge on any atom is 0.257 e. The van der Waals surface area contributed by atoms with Crippen LogP contribution in [0.15, 0.2) is 69.8 Å². The smallest absolute Gasteiger partial charge is 0.257 e. The molecule has 0 saturated carbocycles. The van der Waals surface area contributed by atoms with Gasteiger partial charge in [-0.15, -0.1) is 0 Å². The van der Waals surface area contributed by atoms with Crippen LogP contribution in [0.1, 0.15) is 10.4 Å². The Kier molecular flexibility index (Phi) is 4.60. The van der Waals surface area contributed by atoms with E-state index < -0.39 is 0 Å². The van der Waals surface area contributed by atoms with E-state index in [1.807, 2.05) is 18.2 Å². The fourth-order valence-corrected chi connectivity index (χ4v) is 3.17. The molecule has 0 saturated heterocycles. The first-order chi connectivity index (χ1) is 13.1. The van der Waals surface area contributed by atoms with Crippen LogP contribution in [0.4, 0.5) is 5.69 Å². The number of nitrogens with one attached hydrogen (secondary N) is 1. The van der Waals surface area contributed by atoms with Crippen molar-refractivity contribution in [3.63, 3.8) is 0 Å². The summed E-state index contributed by atoms with van der Waals surface area (Å²) in [4.78, 5) is 20.7. The minimum Gasteiger partial charge on any atom is -0.496 e. The number of nitrogens with zero attached hydrogens (tertiary/aromatic N) is 2. The second-order valence-corrected chi connectivity index (χ2v) is 6.60. The molecule has 0 aliphatic carbocycles. The van der Waals surface area contributed by atoms with Crippen molar-refractivity contribution in [1.29, 1.82) is 0 Å². The molecule has 0 radical (unpaired) electrons. The number of ether oxygens (including phenoxy) is 1. The predicted octanol–water partition coefficient (Wildman–Crippen LogP) is 4.91. The molecular formula is C20H14BrN3O3. The van der Waals surface area contributed by atoms with Gasteiger partial charge in [0, 0.05) is 23.6 Å². The summed E-state index contributed by atoms with van der Waals surface area (Å²) in [6, 6.07) is 14.3. The molecule has 0 atom stereocenters. The van der Waals surface area contributed by atoms with Gasteiger partial charge >= 0.3 is 0 Å². The third kappa shape index (κ3) is 3.54. The van der Waals surface area contributed by atoms with Crippen molar-refractivity contribution < 1.29 is 13.9 Å². The fourth-order valence-electron chi connectivity index (χ4n) is 2.63. The molecule has 0 unspecified atom stereocenters. The average Bonchev–Trinajstić information content (AvgIpc) is 3.12. The number of pyridine rings is 1. The predicted molar refractivity (Wildman–Crippen MR) is 106 cm³/mol. The Morgan fingerprint density at radius 1 is 1.19 bits per heavy atom. The summed E-state index contributed by atoms with van der Waals surface area (Å²) < 4.78 is 11.9. The lowest BCUT2D eigenvalue weighted by atomic mass is 10.2. The fraction of sp³-hybridized carbons (Fsp3) is 0.0500. The van der Waals surface area contributed by atoms with E-state index in [1.165, 1.54) is 6.20 Å². The standard InChI is InChI=1S/C20H14BrN3O3/c1-26-17-6-4-12(9-15(17)21)20-24-16-10-14(5-7-18(16)27-20)23-19(25)13-3-2-8-22-11-13/h2-11H,1H3,(H,23,25). The van der Waals surface area contributed by atoms with Crippen LogP contribution in [0.25, 0.3) is 22.6 Å². The van der Waals surface area contributed by atoms with E-state index in [-0.39, 0.29) is 5.91 Å². The number of halogens is 1. The van der Waals surface area contributed by atoms with Gasteiger partial charge in [0.15, 0.2) is 5.58 Å². The van der Waals surface area contributed by atoms with E-state index in [0.717, 1.165) is 15.8 Å². The topological polar surface area (TPSA) is 77.2 Å². The molecule has 4 rings (SSSR count). The first-order valence-corrected chi connectivity index (χ1v) is 8.89. The molecular weight excluding hydrogens is 410 g/mol. The third-order valence-corrected chi connectivity index (χ3v) is 4.59. The molecule has 1 N–H and O–H groups in total. The van der Waals surface area contributed by atoms with Crippen molar-refractivity contribution >= 4 is 38.6 Å². The number of methoxy groups -OCH3 is 1. The quantitative estimate of drug-likeness (QED) is 0.504. The summed E-state index contributed by atoms with van der Waals surface area (Å²) in [7, 11) is 1.61. The number of aromatic nitrogens is 2. The molecule has 134 valence electrons. The van der Waals surface area contributed by atoms with Gasteiger partial charge in [-0.05, 0) is 64.5 Å². The van der Waals surface area contributed by atoms with Crippen molar-refractivity contribution in [2.24, 2.45) is 0 Å². The Morgan fingerprint density at radius 3 is 2.81 bits per heavy atom. The number of benzene rings is 2. The molecule has 0 spiro atoms. The number of oxazole rings is 1. The molecule has 27 heavy (non-hydrogen) atoms. The Morgan fingerprint density at radius 2 is 2.07 bits per heavy atom. The lowest BCUT2D eigenvalue weighted by Crippen LogP contribution is -2.11. The van der Waals surface area contributed by atoms with Crippen LogP contribution in [-0.2, 0) is 0 Å². The van der Waals surface area contributed by atoms with Gasteiger partial charge in [0.05, 0.1) is 17.1 Å². The van der Waals surface area contributed by atoms with Crippen molar-refractivity contribution in [3.05, 3.63) is 71.0 Å². The molecule has 6 nitrogen and oxygen atoms in total. The van der Waals surface area contributed by atoms with E-state index >= 15 is 0 Å². The number of carbonyl (C=O) groups excluding carboxylic acids is 1. The largest absolute Gasteiger partial charge is 0.496 e. The number of fused-ring (bicyclic) bond motifs is 1. The molecule has 0 fully saturated rings. The van der Waals surface area contributed by atoms with Gasteiger partial charge in [0.2, 0.25) is 5.89 Å². The minimum atomic E-state index is -0.231. The highest BCUT2D eigenvalue weighted by atomic mass is 79.9. The Labute approximate surface area is 163 Å². The van der Waals surface area contributed by atoms with Crippen molar-refractivity contribution in [2.45, 2.75) is 0 Å². The number of rotatable bonds is 4. The van der Waals surface area contributed by atoms with Crippen molar-refractivity contribution in [1.82, 2.24) is 9.97 Å². The molecule has 1 amide bonds. The summed E-state index contributed by atoms with van der Waals surface area (Å²) in [6.45, 7) is 0. The van der Waals surface area contributed by atoms with Crippen LogP contribution in [0.5, 0.6) is 5.75 Å². The first kappa shape index (κ1) is 17.2. The van der Waals surface area contributed by atoms with Gasteiger partial charge < -0.3 is 14.5 Å². The normalized spacial score (nSPS) is 10.7. The van der Waals surface area contributed by atoms with E-state index in [1.54, 1.807) is 43.6 Å². The third-order valence-electron chi connectivity index (χ3n) is 3.97. The number of hydrogen-bond donors (Lipinski definition) is 1. The number of hydrogen-bond acceptors (Lipinski definition) is 5. The maximum absolute atomic E-state index is 12.3. The Balaban J connectivity index is 1.62. The summed E-state index contributed by atoms with van der Waals surface area (Å²) in [5.41, 5.74) is 3.23. The van der Waals surface area contributed by atoms with E-state index in [0.29, 0.717) is 28.2 Å². The highest BCUT2D eigenvalue weighted by Gasteiger charge is 2.12. The van der Waals surface area contributed by atoms with E-state index in [2.05, 4.69) is 31.2 Å². The zero-order valence-electron chi connectivity index (χ0n) is 14.3. The van der Waals surface area contributed by atoms with Gasteiger partial charge in [-0.2, -0.15) is 0 Å².